The number of nitrogens with zero attached hydrogens (tertiary/aromatic N) is 6. The molecule has 4 heterocycles. The van der Waals surface area contributed by atoms with Crippen molar-refractivity contribution in [2.24, 2.45) is 0 Å². The number of aryl methyl sites for hydroxylation is 1. The molecule has 0 unspecified atom stereocenters. The number of halogens is 4. The van der Waals surface area contributed by atoms with E-state index >= 15 is 0 Å². The second kappa shape index (κ2) is 8.94. The summed E-state index contributed by atoms with van der Waals surface area (Å²) in [4.78, 5) is 22.2. The highest BCUT2D eigenvalue weighted by Gasteiger charge is 2.38. The van der Waals surface area contributed by atoms with E-state index in [1.54, 1.807) is 6.07 Å². The molecule has 1 amide bonds. The molecule has 0 bridgehead atoms. The number of nitrogens with one attached hydrogen (secondary N) is 3. The van der Waals surface area contributed by atoms with E-state index in [0.717, 1.165) is 4.80 Å². The molecule has 4 aromatic rings. The Morgan fingerprint density at radius 1 is 1.18 bits per heavy atom. The smallest absolute Gasteiger partial charge is 0.337 e. The van der Waals surface area contributed by atoms with Gasteiger partial charge in [0, 0.05) is 18.6 Å². The highest BCUT2D eigenvalue weighted by atomic mass is 35.5. The molecule has 0 saturated carbocycles. The van der Waals surface area contributed by atoms with Crippen LogP contribution in [0.5, 0.6) is 0 Å². The topological polar surface area (TPSA) is 126 Å². The Labute approximate surface area is 194 Å². The molecule has 0 aliphatic rings. The van der Waals surface area contributed by atoms with Crippen molar-refractivity contribution in [2.45, 2.75) is 13.1 Å². The summed E-state index contributed by atoms with van der Waals surface area (Å²) >= 11 is 6.20. The van der Waals surface area contributed by atoms with Crippen LogP contribution in [0.1, 0.15) is 5.69 Å². The van der Waals surface area contributed by atoms with Gasteiger partial charge in [-0.15, -0.1) is 4.80 Å². The van der Waals surface area contributed by atoms with Crippen molar-refractivity contribution in [1.29, 1.82) is 5.41 Å². The first kappa shape index (κ1) is 22.9. The zero-order valence-electron chi connectivity index (χ0n) is 17.3. The van der Waals surface area contributed by atoms with Gasteiger partial charge in [0.15, 0.2) is 5.82 Å². The fraction of sp³-hybridized carbons (Fsp3) is 0.100. The van der Waals surface area contributed by atoms with Crippen LogP contribution < -0.4 is 10.6 Å². The van der Waals surface area contributed by atoms with Gasteiger partial charge in [0.2, 0.25) is 0 Å². The van der Waals surface area contributed by atoms with Crippen molar-refractivity contribution in [3.63, 3.8) is 0 Å². The van der Waals surface area contributed by atoms with Crippen molar-refractivity contribution >= 4 is 40.9 Å². The molecule has 4 rings (SSSR count). The lowest BCUT2D eigenvalue weighted by Crippen LogP contribution is -2.28. The van der Waals surface area contributed by atoms with E-state index in [2.05, 4.69) is 30.8 Å². The molecule has 0 saturated heterocycles. The van der Waals surface area contributed by atoms with Crippen LogP contribution in [0.25, 0.3) is 11.5 Å². The number of allylic oxidation sites excluding steroid dienone is 1. The van der Waals surface area contributed by atoms with Gasteiger partial charge < -0.3 is 16.0 Å². The Bertz CT molecular complexity index is 1410. The second-order valence-corrected chi connectivity index (χ2v) is 7.23. The largest absolute Gasteiger partial charge is 0.432 e. The summed E-state index contributed by atoms with van der Waals surface area (Å²) in [5.41, 5.74) is -1.66. The maximum absolute atomic E-state index is 13.9. The number of carbonyl (C=O) groups excluding carboxylic acids is 1. The minimum Gasteiger partial charge on any atom is -0.337 e. The van der Waals surface area contributed by atoms with Crippen molar-refractivity contribution in [2.75, 3.05) is 10.6 Å². The van der Waals surface area contributed by atoms with Crippen molar-refractivity contribution in [3.05, 3.63) is 71.0 Å². The van der Waals surface area contributed by atoms with Gasteiger partial charge in [-0.05, 0) is 25.1 Å². The van der Waals surface area contributed by atoms with Gasteiger partial charge >= 0.3 is 6.18 Å². The minimum absolute atomic E-state index is 0.00597. The average Bonchev–Trinajstić information content (AvgIpc) is 3.47. The molecule has 0 fully saturated rings. The lowest BCUT2D eigenvalue weighted by atomic mass is 10.1. The number of carbonyl (C=O) groups is 1. The Balaban J connectivity index is 1.70. The second-order valence-electron chi connectivity index (χ2n) is 6.82. The number of hydrogen-bond donors (Lipinski definition) is 3. The average molecular weight is 490 g/mol. The van der Waals surface area contributed by atoms with Crippen LogP contribution in [0.3, 0.4) is 0 Å². The van der Waals surface area contributed by atoms with E-state index in [0.29, 0.717) is 11.9 Å². The third kappa shape index (κ3) is 4.45. The van der Waals surface area contributed by atoms with Gasteiger partial charge in [-0.2, -0.15) is 23.4 Å². The van der Waals surface area contributed by atoms with E-state index in [1.807, 2.05) is 0 Å². The van der Waals surface area contributed by atoms with E-state index < -0.39 is 23.4 Å². The fourth-order valence-corrected chi connectivity index (χ4v) is 3.30. The first-order valence-corrected chi connectivity index (χ1v) is 9.93. The summed E-state index contributed by atoms with van der Waals surface area (Å²) < 4.78 is 43.2. The van der Waals surface area contributed by atoms with Gasteiger partial charge in [-0.3, -0.25) is 9.20 Å². The van der Waals surface area contributed by atoms with E-state index in [-0.39, 0.29) is 28.0 Å². The molecule has 0 radical (unpaired) electrons. The van der Waals surface area contributed by atoms with Crippen LogP contribution in [0, 0.1) is 12.3 Å². The van der Waals surface area contributed by atoms with Crippen LogP contribution in [0.2, 0.25) is 5.02 Å². The molecule has 0 aromatic carbocycles. The fourth-order valence-electron chi connectivity index (χ4n) is 3.07. The van der Waals surface area contributed by atoms with Gasteiger partial charge in [-0.1, -0.05) is 17.7 Å². The quantitative estimate of drug-likeness (QED) is 0.279. The number of pyridine rings is 2. The van der Waals surface area contributed by atoms with Gasteiger partial charge in [0.1, 0.15) is 17.2 Å². The number of anilines is 2. The van der Waals surface area contributed by atoms with Gasteiger partial charge in [0.05, 0.1) is 34.4 Å². The van der Waals surface area contributed by atoms with E-state index in [4.69, 9.17) is 17.0 Å². The molecule has 0 aliphatic heterocycles. The molecule has 0 spiro atoms. The Morgan fingerprint density at radius 2 is 1.91 bits per heavy atom. The molecule has 4 aromatic heterocycles. The molecule has 34 heavy (non-hydrogen) atoms. The molecule has 0 atom stereocenters. The predicted octanol–water partition coefficient (Wildman–Crippen LogP) is 3.79. The van der Waals surface area contributed by atoms with Crippen molar-refractivity contribution in [3.8, 4) is 5.82 Å². The SMILES string of the molecule is Cc1nc(-n2nccn2)c(Cl)cc1NC(=O)/C(C=N)=C(/Nc1cccc2nccn12)C(F)(F)F. The third-order valence-corrected chi connectivity index (χ3v) is 4.91. The molecule has 10 nitrogen and oxygen atoms in total. The zero-order valence-corrected chi connectivity index (χ0v) is 18.1. The molecule has 0 aliphatic carbocycles. The van der Waals surface area contributed by atoms with Crippen LogP contribution in [-0.4, -0.2) is 47.7 Å². The normalized spacial score (nSPS) is 12.4. The number of fused-ring (bicyclic) bond motifs is 1. The highest BCUT2D eigenvalue weighted by Crippen LogP contribution is 2.31. The summed E-state index contributed by atoms with van der Waals surface area (Å²) in [6, 6.07) is 5.81. The van der Waals surface area contributed by atoms with Crippen molar-refractivity contribution < 1.29 is 18.0 Å². The van der Waals surface area contributed by atoms with Crippen LogP contribution in [0.15, 0.2) is 60.3 Å². The van der Waals surface area contributed by atoms with Crippen molar-refractivity contribution in [1.82, 2.24) is 29.4 Å². The molecule has 14 heteroatoms. The Morgan fingerprint density at radius 3 is 2.59 bits per heavy atom. The number of aromatic nitrogens is 6. The number of amides is 1. The summed E-state index contributed by atoms with van der Waals surface area (Å²) in [6.07, 6.45) is 1.06. The Kier molecular flexibility index (Phi) is 6.03. The number of imidazole rings is 1. The van der Waals surface area contributed by atoms with E-state index in [9.17, 15) is 18.0 Å². The molecule has 174 valence electrons. The lowest BCUT2D eigenvalue weighted by Gasteiger charge is -2.18. The summed E-state index contributed by atoms with van der Waals surface area (Å²) in [6.45, 7) is 1.52. The predicted molar refractivity (Wildman–Crippen MR) is 118 cm³/mol. The number of rotatable bonds is 6. The van der Waals surface area contributed by atoms with Gasteiger partial charge in [0.25, 0.3) is 5.91 Å². The maximum atomic E-state index is 13.9. The standard InChI is InChI=1S/C20H15ClF3N9O/c1-11-14(9-13(21)18(29-11)33-27-5-6-28-33)30-19(34)12(10-25)17(20(22,23)24)31-16-4-2-3-15-26-7-8-32(15)16/h2-10,25,31H,1H3,(H,30,34)/b17-12+,25-10?. The molecule has 3 N–H and O–H groups in total. The minimum atomic E-state index is -4.98. The third-order valence-electron chi connectivity index (χ3n) is 4.63. The molecular weight excluding hydrogens is 475 g/mol. The highest BCUT2D eigenvalue weighted by molar-refractivity contribution is 6.32. The Hall–Kier alpha value is -4.26. The summed E-state index contributed by atoms with van der Waals surface area (Å²) in [5, 5.41) is 20.0. The number of alkyl halides is 3. The lowest BCUT2D eigenvalue weighted by molar-refractivity contribution is -0.114. The molecular formula is C20H15ClF3N9O. The monoisotopic (exact) mass is 489 g/mol. The van der Waals surface area contributed by atoms with E-state index in [1.165, 1.54) is 54.3 Å². The van der Waals surface area contributed by atoms with Crippen LogP contribution in [0.4, 0.5) is 24.7 Å². The number of hydrogen-bond acceptors (Lipinski definition) is 7. The van der Waals surface area contributed by atoms with Crippen LogP contribution >= 0.6 is 11.6 Å². The van der Waals surface area contributed by atoms with Gasteiger partial charge in [-0.25, -0.2) is 9.97 Å². The summed E-state index contributed by atoms with van der Waals surface area (Å²) in [5.74, 6) is -0.999. The maximum Gasteiger partial charge on any atom is 0.432 e. The van der Waals surface area contributed by atoms with Crippen LogP contribution in [-0.2, 0) is 4.79 Å². The zero-order chi connectivity index (χ0) is 24.5. The first-order valence-electron chi connectivity index (χ1n) is 9.55. The summed E-state index contributed by atoms with van der Waals surface area (Å²) in [7, 11) is 0. The first-order chi connectivity index (χ1) is 16.2.